The number of nitrogens with two attached hydrogens (primary N) is 1. The lowest BCUT2D eigenvalue weighted by atomic mass is 10.1. The van der Waals surface area contributed by atoms with E-state index in [1.807, 2.05) is 43.3 Å². The van der Waals surface area contributed by atoms with Crippen molar-refractivity contribution in [1.82, 2.24) is 14.5 Å². The third-order valence-electron chi connectivity index (χ3n) is 4.17. The number of hydrogen-bond acceptors (Lipinski definition) is 6. The molecule has 27 heavy (non-hydrogen) atoms. The molecule has 0 aliphatic rings. The number of anilines is 2. The SMILES string of the molecule is C=c1cc(C(C)Nc2nc(N)ncc2C#N)n(-c2ccccc2)c(=O)c1=C. The van der Waals surface area contributed by atoms with Gasteiger partial charge in [-0.2, -0.15) is 10.2 Å². The minimum absolute atomic E-state index is 0.0510. The highest BCUT2D eigenvalue weighted by Crippen LogP contribution is 2.21. The Hall–Kier alpha value is -3.92. The fraction of sp³-hybridized carbons (Fsp3) is 0.100. The number of para-hydroxylation sites is 1. The van der Waals surface area contributed by atoms with Crippen LogP contribution in [0.5, 0.6) is 0 Å². The summed E-state index contributed by atoms with van der Waals surface area (Å²) in [5, 5.41) is 13.3. The number of hydrogen-bond donors (Lipinski definition) is 2. The molecule has 0 aliphatic heterocycles. The minimum atomic E-state index is -0.375. The number of pyridine rings is 1. The maximum atomic E-state index is 12.9. The first-order chi connectivity index (χ1) is 12.9. The van der Waals surface area contributed by atoms with Gasteiger partial charge in [-0.05, 0) is 30.3 Å². The molecule has 134 valence electrons. The molecule has 0 aliphatic carbocycles. The molecule has 3 aromatic rings. The Balaban J connectivity index is 2.16. The maximum absolute atomic E-state index is 12.9. The van der Waals surface area contributed by atoms with Crippen molar-refractivity contribution in [3.8, 4) is 11.8 Å². The Morgan fingerprint density at radius 3 is 2.67 bits per heavy atom. The summed E-state index contributed by atoms with van der Waals surface area (Å²) in [7, 11) is 0. The molecule has 3 N–H and O–H groups in total. The summed E-state index contributed by atoms with van der Waals surface area (Å²) in [6.45, 7) is 9.60. The summed E-state index contributed by atoms with van der Waals surface area (Å²) in [5.41, 5.74) is 7.01. The van der Waals surface area contributed by atoms with Crippen molar-refractivity contribution >= 4 is 24.9 Å². The highest BCUT2D eigenvalue weighted by Gasteiger charge is 2.16. The predicted octanol–water partition coefficient (Wildman–Crippen LogP) is 1.08. The van der Waals surface area contributed by atoms with Crippen LogP contribution in [0, 0.1) is 11.3 Å². The Labute approximate surface area is 155 Å². The number of nitrogen functional groups attached to an aromatic ring is 1. The molecule has 0 spiro atoms. The van der Waals surface area contributed by atoms with Gasteiger partial charge in [0.25, 0.3) is 5.56 Å². The highest BCUT2D eigenvalue weighted by molar-refractivity contribution is 5.54. The molecular formula is C20H18N6O. The third kappa shape index (κ3) is 3.41. The van der Waals surface area contributed by atoms with E-state index in [1.54, 1.807) is 10.6 Å². The van der Waals surface area contributed by atoms with Gasteiger partial charge in [-0.3, -0.25) is 9.36 Å². The van der Waals surface area contributed by atoms with Gasteiger partial charge in [0, 0.05) is 16.6 Å². The van der Waals surface area contributed by atoms with Gasteiger partial charge in [-0.15, -0.1) is 0 Å². The molecule has 7 nitrogen and oxygen atoms in total. The third-order valence-corrected chi connectivity index (χ3v) is 4.17. The highest BCUT2D eigenvalue weighted by atomic mass is 16.1. The van der Waals surface area contributed by atoms with Crippen molar-refractivity contribution in [3.05, 3.63) is 74.6 Å². The Morgan fingerprint density at radius 2 is 2.00 bits per heavy atom. The van der Waals surface area contributed by atoms with E-state index in [2.05, 4.69) is 28.4 Å². The van der Waals surface area contributed by atoms with E-state index in [0.717, 1.165) is 0 Å². The van der Waals surface area contributed by atoms with Gasteiger partial charge in [0.1, 0.15) is 17.5 Å². The molecule has 0 saturated heterocycles. The smallest absolute Gasteiger partial charge is 0.262 e. The fourth-order valence-corrected chi connectivity index (χ4v) is 2.75. The van der Waals surface area contributed by atoms with Crippen LogP contribution in [-0.4, -0.2) is 14.5 Å². The maximum Gasteiger partial charge on any atom is 0.262 e. The van der Waals surface area contributed by atoms with Crippen LogP contribution in [0.3, 0.4) is 0 Å². The van der Waals surface area contributed by atoms with Crippen molar-refractivity contribution in [2.75, 3.05) is 11.1 Å². The van der Waals surface area contributed by atoms with Crippen LogP contribution in [0.15, 0.2) is 47.4 Å². The van der Waals surface area contributed by atoms with Gasteiger partial charge in [0.15, 0.2) is 0 Å². The monoisotopic (exact) mass is 358 g/mol. The lowest BCUT2D eigenvalue weighted by Crippen LogP contribution is -2.44. The van der Waals surface area contributed by atoms with Crippen LogP contribution in [-0.2, 0) is 0 Å². The molecule has 1 aromatic carbocycles. The number of nitrogens with zero attached hydrogens (tertiary/aromatic N) is 4. The van der Waals surface area contributed by atoms with Crippen LogP contribution in [0.1, 0.15) is 24.2 Å². The van der Waals surface area contributed by atoms with E-state index in [4.69, 9.17) is 5.73 Å². The van der Waals surface area contributed by atoms with E-state index < -0.39 is 0 Å². The standard InChI is InChI=1S/C20H18N6O/c1-12-9-17(14(3)24-18-15(10-21)11-23-20(22)25-18)26(19(27)13(12)2)16-7-5-4-6-8-16/h4-9,11,14H,1-2H2,3H3,(H3,22,23,24,25). The Kier molecular flexibility index (Phi) is 4.73. The normalized spacial score (nSPS) is 11.6. The first-order valence-electron chi connectivity index (χ1n) is 8.20. The molecule has 3 rings (SSSR count). The van der Waals surface area contributed by atoms with Gasteiger partial charge in [-0.25, -0.2) is 4.98 Å². The van der Waals surface area contributed by atoms with Gasteiger partial charge in [-0.1, -0.05) is 31.4 Å². The van der Waals surface area contributed by atoms with Crippen molar-refractivity contribution in [1.29, 1.82) is 5.26 Å². The first-order valence-corrected chi connectivity index (χ1v) is 8.20. The molecule has 0 bridgehead atoms. The summed E-state index contributed by atoms with van der Waals surface area (Å²) < 4.78 is 1.57. The second-order valence-corrected chi connectivity index (χ2v) is 6.02. The number of benzene rings is 1. The van der Waals surface area contributed by atoms with Crippen LogP contribution < -0.4 is 27.0 Å². The van der Waals surface area contributed by atoms with Crippen molar-refractivity contribution in [3.63, 3.8) is 0 Å². The second kappa shape index (κ2) is 7.14. The molecule has 0 radical (unpaired) electrons. The lowest BCUT2D eigenvalue weighted by Gasteiger charge is -2.21. The zero-order chi connectivity index (χ0) is 19.6. The molecule has 0 saturated carbocycles. The first kappa shape index (κ1) is 17.9. The molecule has 2 aromatic heterocycles. The topological polar surface area (TPSA) is 110 Å². The van der Waals surface area contributed by atoms with E-state index in [-0.39, 0.29) is 23.1 Å². The van der Waals surface area contributed by atoms with Crippen LogP contribution in [0.25, 0.3) is 18.8 Å². The van der Waals surface area contributed by atoms with Gasteiger partial charge < -0.3 is 11.1 Å². The molecule has 0 fully saturated rings. The largest absolute Gasteiger partial charge is 0.368 e. The number of rotatable bonds is 4. The van der Waals surface area contributed by atoms with E-state index in [1.165, 1.54) is 6.20 Å². The quantitative estimate of drug-likeness (QED) is 0.722. The average molecular weight is 358 g/mol. The minimum Gasteiger partial charge on any atom is -0.368 e. The molecule has 1 unspecified atom stereocenters. The van der Waals surface area contributed by atoms with Crippen molar-refractivity contribution < 1.29 is 0 Å². The van der Waals surface area contributed by atoms with Gasteiger partial charge >= 0.3 is 0 Å². The van der Waals surface area contributed by atoms with Crippen LogP contribution >= 0.6 is 0 Å². The summed E-state index contributed by atoms with van der Waals surface area (Å²) >= 11 is 0. The lowest BCUT2D eigenvalue weighted by molar-refractivity contribution is 0.760. The summed E-state index contributed by atoms with van der Waals surface area (Å²) in [6, 6.07) is 12.7. The number of aromatic nitrogens is 3. The second-order valence-electron chi connectivity index (χ2n) is 6.02. The molecule has 1 atom stereocenters. The average Bonchev–Trinajstić information content (AvgIpc) is 2.66. The van der Waals surface area contributed by atoms with Gasteiger partial charge in [0.05, 0.1) is 12.2 Å². The van der Waals surface area contributed by atoms with Crippen molar-refractivity contribution in [2.45, 2.75) is 13.0 Å². The number of nitrogens with one attached hydrogen (secondary N) is 1. The van der Waals surface area contributed by atoms with E-state index >= 15 is 0 Å². The molecule has 2 heterocycles. The molecule has 0 amide bonds. The summed E-state index contributed by atoms with van der Waals surface area (Å²) in [4.78, 5) is 20.8. The summed E-state index contributed by atoms with van der Waals surface area (Å²) in [5.74, 6) is 0.351. The van der Waals surface area contributed by atoms with Gasteiger partial charge in [0.2, 0.25) is 5.95 Å². The fourth-order valence-electron chi connectivity index (χ4n) is 2.75. The molecular weight excluding hydrogens is 340 g/mol. The number of nitriles is 1. The molecule has 7 heteroatoms. The van der Waals surface area contributed by atoms with Crippen LogP contribution in [0.2, 0.25) is 0 Å². The van der Waals surface area contributed by atoms with Crippen molar-refractivity contribution in [2.24, 2.45) is 0 Å². The Morgan fingerprint density at radius 1 is 1.30 bits per heavy atom. The van der Waals surface area contributed by atoms with Crippen LogP contribution in [0.4, 0.5) is 11.8 Å². The zero-order valence-corrected chi connectivity index (χ0v) is 14.8. The summed E-state index contributed by atoms with van der Waals surface area (Å²) in [6.07, 6.45) is 1.35. The predicted molar refractivity (Wildman–Crippen MR) is 106 cm³/mol. The Bertz CT molecular complexity index is 1190. The zero-order valence-electron chi connectivity index (χ0n) is 14.8. The van der Waals surface area contributed by atoms with E-state index in [0.29, 0.717) is 27.6 Å². The van der Waals surface area contributed by atoms with E-state index in [9.17, 15) is 10.1 Å².